The van der Waals surface area contributed by atoms with E-state index in [1.54, 1.807) is 150 Å². The summed E-state index contributed by atoms with van der Waals surface area (Å²) in [6.45, 7) is 33.0. The number of aromatic hydroxyl groups is 1. The Bertz CT molecular complexity index is 3750. The first-order chi connectivity index (χ1) is 48.2. The number of benzene rings is 6. The van der Waals surface area contributed by atoms with Crippen molar-refractivity contribution in [2.75, 3.05) is 78.5 Å². The van der Waals surface area contributed by atoms with Gasteiger partial charge in [0.15, 0.2) is 0 Å². The van der Waals surface area contributed by atoms with Gasteiger partial charge in [-0.2, -0.15) is 0 Å². The lowest BCUT2D eigenvalue weighted by Gasteiger charge is -2.35. The molecular formula is C76H101ClF3N9O13. The number of primary amides is 3. The van der Waals surface area contributed by atoms with Gasteiger partial charge in [0.2, 0.25) is 0 Å². The van der Waals surface area contributed by atoms with Crippen LogP contribution in [0.25, 0.3) is 0 Å². The van der Waals surface area contributed by atoms with Crippen molar-refractivity contribution >= 4 is 59.2 Å². The Hall–Kier alpha value is -9.88. The molecule has 22 nitrogen and oxygen atoms in total. The lowest BCUT2D eigenvalue weighted by atomic mass is 10.0. The molecule has 9 rings (SSSR count). The van der Waals surface area contributed by atoms with Gasteiger partial charge in [-0.05, 0) is 152 Å². The number of carbonyl (C=O) groups excluding carboxylic acids is 8. The van der Waals surface area contributed by atoms with Gasteiger partial charge in [0.1, 0.15) is 58.1 Å². The summed E-state index contributed by atoms with van der Waals surface area (Å²) < 4.78 is 65.4. The summed E-state index contributed by atoms with van der Waals surface area (Å²) in [5.74, 6) is -4.22. The first kappa shape index (κ1) is 86.3. The maximum Gasteiger partial charge on any atom is 0.410 e. The molecule has 0 saturated carbocycles. The first-order valence-corrected chi connectivity index (χ1v) is 34.4. The van der Waals surface area contributed by atoms with Crippen LogP contribution in [0.5, 0.6) is 17.2 Å². The molecule has 3 aliphatic heterocycles. The molecule has 102 heavy (non-hydrogen) atoms. The van der Waals surface area contributed by atoms with Gasteiger partial charge < -0.3 is 71.1 Å². The quantitative estimate of drug-likeness (QED) is 0.0672. The number of hydrogen-bond donors (Lipinski definition) is 5. The van der Waals surface area contributed by atoms with E-state index in [2.05, 4.69) is 5.32 Å². The fraction of sp³-hybridized carbons (Fsp3) is 0.421. The number of hydrogen-bond acceptors (Lipinski definition) is 14. The van der Waals surface area contributed by atoms with Crippen LogP contribution in [-0.2, 0) is 9.47 Å². The second kappa shape index (κ2) is 41.8. The molecule has 26 heteroatoms. The molecule has 6 aromatic carbocycles. The van der Waals surface area contributed by atoms with Crippen molar-refractivity contribution in [3.8, 4) is 17.2 Å². The van der Waals surface area contributed by atoms with Crippen LogP contribution in [0.3, 0.4) is 0 Å². The third kappa shape index (κ3) is 26.6. The number of nitrogens with zero attached hydrogens (tertiary/aromatic N) is 5. The van der Waals surface area contributed by atoms with Gasteiger partial charge in [-0.15, -0.1) is 11.6 Å². The van der Waals surface area contributed by atoms with Crippen molar-refractivity contribution in [2.45, 2.75) is 133 Å². The normalized spacial score (nSPS) is 14.2. The Labute approximate surface area is 602 Å². The summed E-state index contributed by atoms with van der Waals surface area (Å²) in [6.07, 6.45) is -1.91. The molecule has 3 atom stereocenters. The number of amides is 8. The summed E-state index contributed by atoms with van der Waals surface area (Å²) in [5, 5.41) is 11.8. The van der Waals surface area contributed by atoms with Crippen LogP contribution in [0, 0.1) is 17.5 Å². The average molecular weight is 1440 g/mol. The molecule has 3 aliphatic rings. The Morgan fingerprint density at radius 3 is 1.01 bits per heavy atom. The predicted molar refractivity (Wildman–Crippen MR) is 388 cm³/mol. The molecule has 0 bridgehead atoms. The zero-order chi connectivity index (χ0) is 76.8. The average Bonchev–Trinajstić information content (AvgIpc) is 0.822. The number of phenols is 1. The highest BCUT2D eigenvalue weighted by atomic mass is 35.5. The minimum atomic E-state index is -0.645. The van der Waals surface area contributed by atoms with Gasteiger partial charge in [0, 0.05) is 78.5 Å². The van der Waals surface area contributed by atoms with E-state index in [0.717, 1.165) is 0 Å². The van der Waals surface area contributed by atoms with Crippen LogP contribution >= 0.6 is 11.6 Å². The van der Waals surface area contributed by atoms with Crippen molar-refractivity contribution in [3.05, 3.63) is 195 Å². The molecule has 6 aromatic rings. The number of piperazine rings is 3. The van der Waals surface area contributed by atoms with Gasteiger partial charge in [0.05, 0.1) is 38.8 Å². The standard InChI is InChI=1S/C25H30FN3O5.C20H22FN3O3.C18H24ClFN2O3.C7H7NO2.3C2H6/c1-16(33-21-8-6-5-7-18(21)22(27)30)17-9-10-20(26)19(15-17)23(31)28-11-13-29(14-12-28)24(32)34-25(2,3)4;1-13(27-18-5-3-2-4-15(18)19(22)25)14-6-7-17(21)16(12-14)20(26)24-10-8-23-9-11-24;1-12(19)13-5-6-15(20)14(11-13)16(23)21-7-9-22(10-8-21)17(24)25-18(2,3)4;8-7(10)5-3-1-2-4-6(5)9;3*1-2/h5-10,15-16H,11-14H2,1-4H3,(H2,27,30);2-7,12-13,23H,8-11H2,1H3,(H2,22,25);5-6,11-12H,7-10H2,1-4H3;1-4,9H,(H2,8,10);3*1-2H3. The Kier molecular flexibility index (Phi) is 35.3. The van der Waals surface area contributed by atoms with Crippen molar-refractivity contribution < 1.29 is 75.6 Å². The highest BCUT2D eigenvalue weighted by Gasteiger charge is 2.32. The van der Waals surface area contributed by atoms with Gasteiger partial charge in [0.25, 0.3) is 35.4 Å². The molecule has 3 heterocycles. The SMILES string of the molecule is CC.CC.CC.CC(Cl)c1ccc(F)c(C(=O)N2CCN(C(=O)OC(C)(C)C)CC2)c1.CC(Oc1ccccc1C(N)=O)c1ccc(F)c(C(=O)N2CCN(C(=O)OC(C)(C)C)CC2)c1.CC(Oc1ccccc1C(N)=O)c1ccc(F)c(C(=O)N2CCNCC2)c1.NC(=O)c1ccccc1O. The Morgan fingerprint density at radius 1 is 0.422 bits per heavy atom. The molecule has 0 radical (unpaired) electrons. The van der Waals surface area contributed by atoms with Crippen molar-refractivity contribution in [1.82, 2.24) is 29.8 Å². The number of rotatable bonds is 13. The summed E-state index contributed by atoms with van der Waals surface area (Å²) in [6, 6.07) is 32.3. The highest BCUT2D eigenvalue weighted by Crippen LogP contribution is 2.30. The van der Waals surface area contributed by atoms with Crippen molar-refractivity contribution in [1.29, 1.82) is 0 Å². The fourth-order valence-corrected chi connectivity index (χ4v) is 9.97. The van der Waals surface area contributed by atoms with E-state index in [9.17, 15) is 51.5 Å². The first-order valence-electron chi connectivity index (χ1n) is 34.0. The Morgan fingerprint density at radius 2 is 0.706 bits per heavy atom. The lowest BCUT2D eigenvalue weighted by Crippen LogP contribution is -2.51. The minimum Gasteiger partial charge on any atom is -0.507 e. The van der Waals surface area contributed by atoms with Crippen LogP contribution < -0.4 is 32.0 Å². The van der Waals surface area contributed by atoms with E-state index in [4.69, 9.17) is 52.9 Å². The monoisotopic (exact) mass is 1440 g/mol. The smallest absolute Gasteiger partial charge is 0.410 e. The molecule has 0 spiro atoms. The number of ether oxygens (including phenoxy) is 4. The van der Waals surface area contributed by atoms with Crippen molar-refractivity contribution in [2.24, 2.45) is 17.2 Å². The van der Waals surface area contributed by atoms with Gasteiger partial charge in [-0.1, -0.05) is 96.1 Å². The van der Waals surface area contributed by atoms with Gasteiger partial charge in [-0.3, -0.25) is 28.8 Å². The molecule has 3 saturated heterocycles. The summed E-state index contributed by atoms with van der Waals surface area (Å²) >= 11 is 6.02. The largest absolute Gasteiger partial charge is 0.507 e. The third-order valence-electron chi connectivity index (χ3n) is 15.0. The number of carbonyl (C=O) groups is 8. The van der Waals surface area contributed by atoms with Crippen LogP contribution in [0.1, 0.15) is 200 Å². The number of halogens is 4. The molecule has 556 valence electrons. The maximum absolute atomic E-state index is 14.6. The zero-order valence-corrected chi connectivity index (χ0v) is 61.9. The van der Waals surface area contributed by atoms with Crippen LogP contribution in [-0.4, -0.2) is 167 Å². The van der Waals surface area contributed by atoms with E-state index in [-0.39, 0.29) is 69.4 Å². The number of alkyl halides is 1. The molecule has 8 N–H and O–H groups in total. The van der Waals surface area contributed by atoms with E-state index < -0.39 is 76.7 Å². The van der Waals surface area contributed by atoms with Gasteiger partial charge >= 0.3 is 12.2 Å². The fourth-order valence-electron chi connectivity index (χ4n) is 9.83. The van der Waals surface area contributed by atoms with E-state index in [0.29, 0.717) is 93.6 Å². The maximum atomic E-state index is 14.6. The van der Waals surface area contributed by atoms with Crippen LogP contribution in [0.2, 0.25) is 0 Å². The van der Waals surface area contributed by atoms with Crippen LogP contribution in [0.15, 0.2) is 127 Å². The molecule has 0 aromatic heterocycles. The molecule has 8 amide bonds. The topological polar surface area (TPSA) is 300 Å². The molecule has 3 unspecified atom stereocenters. The second-order valence-corrected chi connectivity index (χ2v) is 25.2. The summed E-state index contributed by atoms with van der Waals surface area (Å²) in [5.41, 5.74) is 17.0. The Balaban J connectivity index is 0.000000362. The van der Waals surface area contributed by atoms with Gasteiger partial charge in [-0.25, -0.2) is 22.8 Å². The third-order valence-corrected chi connectivity index (χ3v) is 15.2. The molecule has 3 fully saturated rings. The van der Waals surface area contributed by atoms with Crippen molar-refractivity contribution in [3.63, 3.8) is 0 Å². The van der Waals surface area contributed by atoms with Crippen LogP contribution in [0.4, 0.5) is 22.8 Å². The summed E-state index contributed by atoms with van der Waals surface area (Å²) in [4.78, 5) is 104. The zero-order valence-electron chi connectivity index (χ0n) is 61.2. The summed E-state index contributed by atoms with van der Waals surface area (Å²) in [7, 11) is 0. The number of nitrogens with two attached hydrogens (primary N) is 3. The molecular weight excluding hydrogens is 1340 g/mol. The van der Waals surface area contributed by atoms with E-state index >= 15 is 0 Å². The highest BCUT2D eigenvalue weighted by molar-refractivity contribution is 6.20. The lowest BCUT2D eigenvalue weighted by molar-refractivity contribution is 0.0135. The predicted octanol–water partition coefficient (Wildman–Crippen LogP) is 13.3. The second-order valence-electron chi connectivity index (χ2n) is 24.5. The van der Waals surface area contributed by atoms with E-state index in [1.165, 1.54) is 64.4 Å². The number of para-hydroxylation sites is 3. The minimum absolute atomic E-state index is 0.00992. The molecule has 0 aliphatic carbocycles. The number of nitrogens with one attached hydrogen (secondary N) is 1. The van der Waals surface area contributed by atoms with E-state index in [1.807, 2.05) is 41.5 Å².